The molecule has 0 spiro atoms. The molecule has 1 aliphatic heterocycles. The molecule has 0 aromatic heterocycles. The summed E-state index contributed by atoms with van der Waals surface area (Å²) in [7, 11) is 0. The van der Waals surface area contributed by atoms with Crippen molar-refractivity contribution in [3.63, 3.8) is 0 Å². The molecule has 1 amide bonds. The van der Waals surface area contributed by atoms with Gasteiger partial charge in [-0.05, 0) is 30.1 Å². The van der Waals surface area contributed by atoms with Crippen molar-refractivity contribution in [3.05, 3.63) is 29.8 Å². The van der Waals surface area contributed by atoms with Crippen LogP contribution in [-0.4, -0.2) is 11.7 Å². The molecule has 1 heterocycles. The van der Waals surface area contributed by atoms with Gasteiger partial charge in [0.05, 0.1) is 11.3 Å². The topological polar surface area (TPSA) is 20.3 Å². The fourth-order valence-corrected chi connectivity index (χ4v) is 2.37. The summed E-state index contributed by atoms with van der Waals surface area (Å²) in [5.74, 6) is 0.471. The molecule has 0 radical (unpaired) electrons. The van der Waals surface area contributed by atoms with Gasteiger partial charge in [0, 0.05) is 12.2 Å². The quantitative estimate of drug-likeness (QED) is 0.711. The van der Waals surface area contributed by atoms with Gasteiger partial charge < -0.3 is 0 Å². The number of carbonyl (C=O) groups is 1. The van der Waals surface area contributed by atoms with Gasteiger partial charge in [-0.2, -0.15) is 13.2 Å². The van der Waals surface area contributed by atoms with Crippen molar-refractivity contribution in [2.75, 3.05) is 10.1 Å². The van der Waals surface area contributed by atoms with Crippen LogP contribution in [0.3, 0.4) is 0 Å². The van der Waals surface area contributed by atoms with Gasteiger partial charge in [-0.15, -0.1) is 0 Å². The van der Waals surface area contributed by atoms with E-state index in [9.17, 15) is 18.0 Å². The number of carbonyl (C=O) groups excluding carboxylic acids is 1. The molecule has 0 N–H and O–H groups in total. The van der Waals surface area contributed by atoms with Crippen molar-refractivity contribution in [2.45, 2.75) is 12.6 Å². The van der Waals surface area contributed by atoms with Gasteiger partial charge >= 0.3 is 6.18 Å². The number of hydrogen-bond acceptors (Lipinski definition) is 2. The Morgan fingerprint density at radius 3 is 2.62 bits per heavy atom. The number of benzene rings is 1. The molecule has 16 heavy (non-hydrogen) atoms. The van der Waals surface area contributed by atoms with Crippen molar-refractivity contribution in [3.8, 4) is 0 Å². The van der Waals surface area contributed by atoms with E-state index in [2.05, 4.69) is 0 Å². The van der Waals surface area contributed by atoms with Gasteiger partial charge in [0.2, 0.25) is 5.91 Å². The molecule has 6 heteroatoms. The number of amides is 1. The molecular formula is C10H8F3NOS. The van der Waals surface area contributed by atoms with Crippen LogP contribution in [0.1, 0.15) is 12.0 Å². The van der Waals surface area contributed by atoms with E-state index < -0.39 is 11.7 Å². The lowest BCUT2D eigenvalue weighted by atomic mass is 10.2. The second-order valence-corrected chi connectivity index (χ2v) is 4.35. The lowest BCUT2D eigenvalue weighted by molar-refractivity contribution is -0.137. The Kier molecular flexibility index (Phi) is 2.84. The fraction of sp³-hybridized carbons (Fsp3) is 0.300. The Morgan fingerprint density at radius 1 is 1.31 bits per heavy atom. The number of halogens is 3. The van der Waals surface area contributed by atoms with Gasteiger partial charge in [-0.1, -0.05) is 6.07 Å². The van der Waals surface area contributed by atoms with Crippen LogP contribution >= 0.6 is 11.9 Å². The first-order valence-corrected chi connectivity index (χ1v) is 5.56. The Morgan fingerprint density at radius 2 is 2.06 bits per heavy atom. The maximum absolute atomic E-state index is 12.4. The predicted octanol–water partition coefficient (Wildman–Crippen LogP) is 3.09. The summed E-state index contributed by atoms with van der Waals surface area (Å²) in [4.78, 5) is 11.4. The monoisotopic (exact) mass is 247 g/mol. The zero-order chi connectivity index (χ0) is 11.8. The summed E-state index contributed by atoms with van der Waals surface area (Å²) in [5, 5.41) is 0. The van der Waals surface area contributed by atoms with Gasteiger partial charge in [0.15, 0.2) is 0 Å². The van der Waals surface area contributed by atoms with E-state index in [1.54, 1.807) is 0 Å². The van der Waals surface area contributed by atoms with Gasteiger partial charge in [0.25, 0.3) is 0 Å². The normalized spacial score (nSPS) is 16.9. The summed E-state index contributed by atoms with van der Waals surface area (Å²) >= 11 is 1.24. The molecule has 2 nitrogen and oxygen atoms in total. The first-order valence-electron chi connectivity index (χ1n) is 4.61. The average molecular weight is 247 g/mol. The molecule has 86 valence electrons. The SMILES string of the molecule is O=C1CCSN1c1cccc(C(F)(F)F)c1. The molecule has 1 aliphatic rings. The van der Waals surface area contributed by atoms with Crippen LogP contribution in [0.25, 0.3) is 0 Å². The Labute approximate surface area is 94.6 Å². The Balaban J connectivity index is 2.32. The highest BCUT2D eigenvalue weighted by Crippen LogP contribution is 2.35. The highest BCUT2D eigenvalue weighted by molar-refractivity contribution is 8.01. The molecule has 0 aliphatic carbocycles. The summed E-state index contributed by atoms with van der Waals surface area (Å²) in [6, 6.07) is 4.81. The highest BCUT2D eigenvalue weighted by atomic mass is 32.2. The molecule has 0 bridgehead atoms. The second-order valence-electron chi connectivity index (χ2n) is 3.32. The average Bonchev–Trinajstić information content (AvgIpc) is 2.63. The van der Waals surface area contributed by atoms with Crippen LogP contribution in [0.4, 0.5) is 18.9 Å². The smallest absolute Gasteiger partial charge is 0.274 e. The van der Waals surface area contributed by atoms with Crippen molar-refractivity contribution in [1.82, 2.24) is 0 Å². The van der Waals surface area contributed by atoms with Crippen molar-refractivity contribution < 1.29 is 18.0 Å². The number of hydrogen-bond donors (Lipinski definition) is 0. The molecule has 0 saturated carbocycles. The molecule has 0 atom stereocenters. The highest BCUT2D eigenvalue weighted by Gasteiger charge is 2.32. The number of rotatable bonds is 1. The van der Waals surface area contributed by atoms with Crippen LogP contribution in [0.2, 0.25) is 0 Å². The summed E-state index contributed by atoms with van der Waals surface area (Å²) in [6.45, 7) is 0. The second kappa shape index (κ2) is 4.01. The predicted molar refractivity (Wildman–Crippen MR) is 56.0 cm³/mol. The molecule has 2 rings (SSSR count). The van der Waals surface area contributed by atoms with Crippen LogP contribution in [0.15, 0.2) is 24.3 Å². The third kappa shape index (κ3) is 2.16. The first-order chi connectivity index (χ1) is 7.48. The largest absolute Gasteiger partial charge is 0.416 e. The van der Waals surface area contributed by atoms with E-state index in [1.807, 2.05) is 0 Å². The molecule has 1 aromatic rings. The Bertz CT molecular complexity index is 419. The minimum atomic E-state index is -4.37. The molecule has 1 fully saturated rings. The van der Waals surface area contributed by atoms with Crippen LogP contribution in [0.5, 0.6) is 0 Å². The van der Waals surface area contributed by atoms with E-state index in [0.717, 1.165) is 12.1 Å². The van der Waals surface area contributed by atoms with Crippen molar-refractivity contribution in [1.29, 1.82) is 0 Å². The Hall–Kier alpha value is -1.17. The third-order valence-corrected chi connectivity index (χ3v) is 3.23. The lowest BCUT2D eigenvalue weighted by Crippen LogP contribution is -2.17. The maximum atomic E-state index is 12.4. The van der Waals surface area contributed by atoms with Gasteiger partial charge in [0.1, 0.15) is 0 Å². The zero-order valence-electron chi connectivity index (χ0n) is 8.12. The molecular weight excluding hydrogens is 239 g/mol. The van der Waals surface area contributed by atoms with E-state index >= 15 is 0 Å². The van der Waals surface area contributed by atoms with Gasteiger partial charge in [-0.25, -0.2) is 0 Å². The lowest BCUT2D eigenvalue weighted by Gasteiger charge is -2.15. The van der Waals surface area contributed by atoms with Crippen LogP contribution in [0, 0.1) is 0 Å². The van der Waals surface area contributed by atoms with Gasteiger partial charge in [-0.3, -0.25) is 9.10 Å². The maximum Gasteiger partial charge on any atom is 0.416 e. The number of anilines is 1. The number of alkyl halides is 3. The van der Waals surface area contributed by atoms with Crippen LogP contribution < -0.4 is 4.31 Å². The van der Waals surface area contributed by atoms with Crippen molar-refractivity contribution in [2.24, 2.45) is 0 Å². The summed E-state index contributed by atoms with van der Waals surface area (Å²) < 4.78 is 38.6. The first kappa shape index (κ1) is 11.3. The number of nitrogens with zero attached hydrogens (tertiary/aromatic N) is 1. The van der Waals surface area contributed by atoms with Crippen LogP contribution in [-0.2, 0) is 11.0 Å². The minimum absolute atomic E-state index is 0.149. The summed E-state index contributed by atoms with van der Waals surface area (Å²) in [6.07, 6.45) is -4.00. The summed E-state index contributed by atoms with van der Waals surface area (Å²) in [5.41, 5.74) is -0.437. The third-order valence-electron chi connectivity index (χ3n) is 2.17. The molecule has 1 saturated heterocycles. The van der Waals surface area contributed by atoms with E-state index in [-0.39, 0.29) is 5.91 Å². The molecule has 0 unspecified atom stereocenters. The zero-order valence-corrected chi connectivity index (χ0v) is 8.94. The van der Waals surface area contributed by atoms with E-state index in [0.29, 0.717) is 17.9 Å². The van der Waals surface area contributed by atoms with E-state index in [4.69, 9.17) is 0 Å². The minimum Gasteiger partial charge on any atom is -0.274 e. The van der Waals surface area contributed by atoms with E-state index in [1.165, 1.54) is 28.4 Å². The fourth-order valence-electron chi connectivity index (χ4n) is 1.42. The van der Waals surface area contributed by atoms with Crippen molar-refractivity contribution >= 4 is 23.5 Å². The standard InChI is InChI=1S/C10H8F3NOS/c11-10(12,13)7-2-1-3-8(6-7)14-9(15)4-5-16-14/h1-3,6H,4-5H2. The molecule has 1 aromatic carbocycles.